The first kappa shape index (κ1) is 11.7. The quantitative estimate of drug-likeness (QED) is 0.763. The van der Waals surface area contributed by atoms with Gasteiger partial charge < -0.3 is 11.1 Å². The van der Waals surface area contributed by atoms with Crippen LogP contribution in [0.2, 0.25) is 0 Å². The van der Waals surface area contributed by atoms with Crippen LogP contribution in [0.4, 0.5) is 0 Å². The Balaban J connectivity index is 2.41. The monoisotopic (exact) mass is 207 g/mol. The number of nitrogens with zero attached hydrogens (tertiary/aromatic N) is 1. The average molecular weight is 207 g/mol. The number of amides is 1. The first-order chi connectivity index (χ1) is 7.11. The van der Waals surface area contributed by atoms with Gasteiger partial charge in [-0.05, 0) is 18.1 Å². The minimum absolute atomic E-state index is 0.129. The molecule has 0 aliphatic carbocycles. The number of aromatic nitrogens is 1. The van der Waals surface area contributed by atoms with Gasteiger partial charge in [-0.2, -0.15) is 0 Å². The number of carbonyl (C=O) groups is 1. The SMILES string of the molecule is CC(C)[C@@H](N)C(=O)NCc1ccccn1. The fourth-order valence-corrected chi connectivity index (χ4v) is 1.10. The van der Waals surface area contributed by atoms with Crippen LogP contribution in [0.15, 0.2) is 24.4 Å². The van der Waals surface area contributed by atoms with Gasteiger partial charge in [-0.15, -0.1) is 0 Å². The van der Waals surface area contributed by atoms with Gasteiger partial charge in [-0.1, -0.05) is 19.9 Å². The summed E-state index contributed by atoms with van der Waals surface area (Å²) in [4.78, 5) is 15.6. The van der Waals surface area contributed by atoms with E-state index in [4.69, 9.17) is 5.73 Å². The minimum atomic E-state index is -0.450. The van der Waals surface area contributed by atoms with Crippen molar-refractivity contribution < 1.29 is 4.79 Å². The molecule has 0 unspecified atom stereocenters. The molecule has 0 aliphatic rings. The molecule has 1 rings (SSSR count). The molecule has 1 atom stereocenters. The second-order valence-corrected chi connectivity index (χ2v) is 3.81. The van der Waals surface area contributed by atoms with E-state index < -0.39 is 6.04 Å². The summed E-state index contributed by atoms with van der Waals surface area (Å²) >= 11 is 0. The highest BCUT2D eigenvalue weighted by atomic mass is 16.2. The Hall–Kier alpha value is -1.42. The fourth-order valence-electron chi connectivity index (χ4n) is 1.10. The molecule has 0 radical (unpaired) electrons. The average Bonchev–Trinajstić information content (AvgIpc) is 2.26. The van der Waals surface area contributed by atoms with Crippen LogP contribution in [0.3, 0.4) is 0 Å². The van der Waals surface area contributed by atoms with E-state index in [9.17, 15) is 4.79 Å². The van der Waals surface area contributed by atoms with E-state index in [0.29, 0.717) is 6.54 Å². The van der Waals surface area contributed by atoms with Gasteiger partial charge >= 0.3 is 0 Å². The van der Waals surface area contributed by atoms with Crippen molar-refractivity contribution in [1.82, 2.24) is 10.3 Å². The third-order valence-corrected chi connectivity index (χ3v) is 2.19. The lowest BCUT2D eigenvalue weighted by Gasteiger charge is -2.14. The van der Waals surface area contributed by atoms with Gasteiger partial charge in [0, 0.05) is 6.20 Å². The molecule has 3 N–H and O–H groups in total. The van der Waals surface area contributed by atoms with Crippen LogP contribution in [0.1, 0.15) is 19.5 Å². The summed E-state index contributed by atoms with van der Waals surface area (Å²) in [5.74, 6) is 0.0179. The van der Waals surface area contributed by atoms with E-state index in [0.717, 1.165) is 5.69 Å². The van der Waals surface area contributed by atoms with Crippen molar-refractivity contribution in [3.05, 3.63) is 30.1 Å². The Morgan fingerprint density at radius 2 is 2.27 bits per heavy atom. The van der Waals surface area contributed by atoms with Crippen LogP contribution >= 0.6 is 0 Å². The Labute approximate surface area is 89.9 Å². The van der Waals surface area contributed by atoms with E-state index in [1.165, 1.54) is 0 Å². The van der Waals surface area contributed by atoms with Gasteiger partial charge in [-0.25, -0.2) is 0 Å². The molecule has 15 heavy (non-hydrogen) atoms. The lowest BCUT2D eigenvalue weighted by Crippen LogP contribution is -2.43. The molecule has 0 saturated carbocycles. The van der Waals surface area contributed by atoms with Crippen LogP contribution in [-0.4, -0.2) is 16.9 Å². The van der Waals surface area contributed by atoms with Crippen molar-refractivity contribution in [3.63, 3.8) is 0 Å². The van der Waals surface area contributed by atoms with Crippen LogP contribution < -0.4 is 11.1 Å². The summed E-state index contributed by atoms with van der Waals surface area (Å²) in [6, 6.07) is 5.14. The maximum Gasteiger partial charge on any atom is 0.237 e. The molecule has 1 heterocycles. The molecular weight excluding hydrogens is 190 g/mol. The molecule has 0 spiro atoms. The lowest BCUT2D eigenvalue weighted by atomic mass is 10.1. The number of nitrogens with two attached hydrogens (primary N) is 1. The van der Waals surface area contributed by atoms with Crippen LogP contribution in [0, 0.1) is 5.92 Å². The highest BCUT2D eigenvalue weighted by molar-refractivity contribution is 5.81. The van der Waals surface area contributed by atoms with E-state index >= 15 is 0 Å². The number of hydrogen-bond donors (Lipinski definition) is 2. The Morgan fingerprint density at radius 1 is 1.53 bits per heavy atom. The number of rotatable bonds is 4. The van der Waals surface area contributed by atoms with Gasteiger partial charge in [0.05, 0.1) is 18.3 Å². The normalized spacial score (nSPS) is 12.5. The van der Waals surface area contributed by atoms with Crippen LogP contribution in [0.5, 0.6) is 0 Å². The predicted octanol–water partition coefficient (Wildman–Crippen LogP) is 0.681. The third-order valence-electron chi connectivity index (χ3n) is 2.19. The van der Waals surface area contributed by atoms with Crippen LogP contribution in [-0.2, 0) is 11.3 Å². The summed E-state index contributed by atoms with van der Waals surface area (Å²) in [7, 11) is 0. The van der Waals surface area contributed by atoms with Crippen molar-refractivity contribution in [1.29, 1.82) is 0 Å². The van der Waals surface area contributed by atoms with Crippen molar-refractivity contribution in [2.75, 3.05) is 0 Å². The van der Waals surface area contributed by atoms with Gasteiger partial charge in [0.15, 0.2) is 0 Å². The molecule has 1 aromatic rings. The molecule has 0 aromatic carbocycles. The highest BCUT2D eigenvalue weighted by Crippen LogP contribution is 1.99. The van der Waals surface area contributed by atoms with E-state index in [-0.39, 0.29) is 11.8 Å². The minimum Gasteiger partial charge on any atom is -0.349 e. The summed E-state index contributed by atoms with van der Waals surface area (Å²) in [5.41, 5.74) is 6.53. The maximum atomic E-state index is 11.5. The Morgan fingerprint density at radius 3 is 2.80 bits per heavy atom. The van der Waals surface area contributed by atoms with Crippen molar-refractivity contribution in [2.24, 2.45) is 11.7 Å². The first-order valence-electron chi connectivity index (χ1n) is 5.04. The van der Waals surface area contributed by atoms with Crippen molar-refractivity contribution >= 4 is 5.91 Å². The van der Waals surface area contributed by atoms with E-state index in [1.54, 1.807) is 6.20 Å². The molecule has 82 valence electrons. The predicted molar refractivity (Wildman–Crippen MR) is 58.9 cm³/mol. The summed E-state index contributed by atoms with van der Waals surface area (Å²) in [6.07, 6.45) is 1.70. The van der Waals surface area contributed by atoms with Crippen molar-refractivity contribution in [3.8, 4) is 0 Å². The maximum absolute atomic E-state index is 11.5. The standard InChI is InChI=1S/C11H17N3O/c1-8(2)10(12)11(15)14-7-9-5-3-4-6-13-9/h3-6,8,10H,7,12H2,1-2H3,(H,14,15)/t10-/m1/s1. The van der Waals surface area contributed by atoms with E-state index in [2.05, 4.69) is 10.3 Å². The topological polar surface area (TPSA) is 68.0 Å². The molecule has 0 fully saturated rings. The largest absolute Gasteiger partial charge is 0.349 e. The van der Waals surface area contributed by atoms with Gasteiger partial charge in [-0.3, -0.25) is 9.78 Å². The lowest BCUT2D eigenvalue weighted by molar-refractivity contribution is -0.123. The zero-order valence-electron chi connectivity index (χ0n) is 9.10. The first-order valence-corrected chi connectivity index (χ1v) is 5.04. The fraction of sp³-hybridized carbons (Fsp3) is 0.455. The molecule has 4 heteroatoms. The molecule has 4 nitrogen and oxygen atoms in total. The molecule has 1 aromatic heterocycles. The number of nitrogens with one attached hydrogen (secondary N) is 1. The number of pyridine rings is 1. The summed E-state index contributed by atoms with van der Waals surface area (Å²) in [6.45, 7) is 4.27. The Kier molecular flexibility index (Phi) is 4.24. The summed E-state index contributed by atoms with van der Waals surface area (Å²) in [5, 5.41) is 2.75. The molecule has 1 amide bonds. The summed E-state index contributed by atoms with van der Waals surface area (Å²) < 4.78 is 0. The molecule has 0 aliphatic heterocycles. The molecular formula is C11H17N3O. The second kappa shape index (κ2) is 5.46. The highest BCUT2D eigenvalue weighted by Gasteiger charge is 2.16. The zero-order valence-corrected chi connectivity index (χ0v) is 9.10. The number of hydrogen-bond acceptors (Lipinski definition) is 3. The molecule has 0 saturated heterocycles. The Bertz CT molecular complexity index is 311. The van der Waals surface area contributed by atoms with Gasteiger partial charge in [0.25, 0.3) is 0 Å². The second-order valence-electron chi connectivity index (χ2n) is 3.81. The third kappa shape index (κ3) is 3.67. The zero-order chi connectivity index (χ0) is 11.3. The van der Waals surface area contributed by atoms with Crippen molar-refractivity contribution in [2.45, 2.75) is 26.4 Å². The molecule has 0 bridgehead atoms. The number of carbonyl (C=O) groups excluding carboxylic acids is 1. The van der Waals surface area contributed by atoms with Gasteiger partial charge in [0.1, 0.15) is 0 Å². The smallest absolute Gasteiger partial charge is 0.237 e. The van der Waals surface area contributed by atoms with Crippen LogP contribution in [0.25, 0.3) is 0 Å². The van der Waals surface area contributed by atoms with Gasteiger partial charge in [0.2, 0.25) is 5.91 Å². The van der Waals surface area contributed by atoms with E-state index in [1.807, 2.05) is 32.0 Å².